The van der Waals surface area contributed by atoms with Crippen molar-refractivity contribution in [3.8, 4) is 5.75 Å². The summed E-state index contributed by atoms with van der Waals surface area (Å²) in [4.78, 5) is 20.8. The molecule has 3 rings (SSSR count). The van der Waals surface area contributed by atoms with E-state index in [1.165, 1.54) is 17.3 Å². The first-order chi connectivity index (χ1) is 12.2. The number of nitrogens with one attached hydrogen (secondary N) is 1. The molecule has 0 unspecified atom stereocenters. The Morgan fingerprint density at radius 1 is 1.20 bits per heavy atom. The molecule has 1 aromatic carbocycles. The Hall–Kier alpha value is -3.22. The van der Waals surface area contributed by atoms with Crippen LogP contribution in [0.25, 0.3) is 0 Å². The van der Waals surface area contributed by atoms with Gasteiger partial charge in [0.05, 0.1) is 13.2 Å². The zero-order valence-corrected chi connectivity index (χ0v) is 14.0. The largest absolute Gasteiger partial charge is 0.497 e. The molecule has 2 atom stereocenters. The Balaban J connectivity index is 1.90. The number of hydrogen-bond acceptors (Lipinski definition) is 5. The molecule has 1 N–H and O–H groups in total. The maximum Gasteiger partial charge on any atom is 0.245 e. The number of carbonyl (C=O) groups excluding carboxylic acids is 1. The van der Waals surface area contributed by atoms with Crippen molar-refractivity contribution < 1.29 is 9.53 Å². The SMILES string of the molecule is COc1cccc([C@@H](NC(=O)[C@H](C)n2cncn2)c2cccnc2)c1. The number of rotatable bonds is 6. The quantitative estimate of drug-likeness (QED) is 0.745. The van der Waals surface area contributed by atoms with E-state index < -0.39 is 6.04 Å². The van der Waals surface area contributed by atoms with Gasteiger partial charge in [-0.25, -0.2) is 9.67 Å². The number of aromatic nitrogens is 4. The van der Waals surface area contributed by atoms with Gasteiger partial charge in [-0.1, -0.05) is 18.2 Å². The molecular weight excluding hydrogens is 318 g/mol. The summed E-state index contributed by atoms with van der Waals surface area (Å²) in [5.41, 5.74) is 1.79. The molecule has 0 aliphatic rings. The van der Waals surface area contributed by atoms with Gasteiger partial charge in [0.1, 0.15) is 24.4 Å². The Morgan fingerprint density at radius 2 is 2.04 bits per heavy atom. The second kappa shape index (κ2) is 7.57. The lowest BCUT2D eigenvalue weighted by molar-refractivity contribution is -0.124. The number of ether oxygens (including phenoxy) is 1. The van der Waals surface area contributed by atoms with E-state index in [1.807, 2.05) is 36.4 Å². The van der Waals surface area contributed by atoms with Crippen LogP contribution in [0.2, 0.25) is 0 Å². The molecule has 0 spiro atoms. The summed E-state index contributed by atoms with van der Waals surface area (Å²) in [6, 6.07) is 10.6. The fraction of sp³-hybridized carbons (Fsp3) is 0.222. The minimum atomic E-state index is -0.479. The molecule has 0 radical (unpaired) electrons. The number of carbonyl (C=O) groups is 1. The second-order valence-corrected chi connectivity index (χ2v) is 5.56. The lowest BCUT2D eigenvalue weighted by atomic mass is 9.99. The fourth-order valence-corrected chi connectivity index (χ4v) is 2.53. The molecule has 7 heteroatoms. The van der Waals surface area contributed by atoms with Gasteiger partial charge in [-0.2, -0.15) is 5.10 Å². The molecule has 0 saturated carbocycles. The van der Waals surface area contributed by atoms with Crippen LogP contribution in [-0.4, -0.2) is 32.8 Å². The monoisotopic (exact) mass is 337 g/mol. The smallest absolute Gasteiger partial charge is 0.245 e. The second-order valence-electron chi connectivity index (χ2n) is 5.56. The highest BCUT2D eigenvalue weighted by atomic mass is 16.5. The van der Waals surface area contributed by atoms with Crippen LogP contribution in [0.3, 0.4) is 0 Å². The van der Waals surface area contributed by atoms with Gasteiger partial charge in [0.2, 0.25) is 5.91 Å². The third-order valence-electron chi connectivity index (χ3n) is 3.94. The van der Waals surface area contributed by atoms with Crippen LogP contribution in [0.15, 0.2) is 61.4 Å². The first kappa shape index (κ1) is 16.6. The summed E-state index contributed by atoms with van der Waals surface area (Å²) < 4.78 is 6.82. The Morgan fingerprint density at radius 3 is 2.72 bits per heavy atom. The van der Waals surface area contributed by atoms with Gasteiger partial charge < -0.3 is 10.1 Å². The summed E-state index contributed by atoms with van der Waals surface area (Å²) >= 11 is 0. The third kappa shape index (κ3) is 3.82. The van der Waals surface area contributed by atoms with Gasteiger partial charge in [0, 0.05) is 12.4 Å². The number of amides is 1. The molecule has 0 saturated heterocycles. The van der Waals surface area contributed by atoms with Crippen LogP contribution in [0, 0.1) is 0 Å². The predicted octanol–water partition coefficient (Wildman–Crippen LogP) is 2.15. The van der Waals surface area contributed by atoms with E-state index in [9.17, 15) is 4.79 Å². The maximum atomic E-state index is 12.7. The van der Waals surface area contributed by atoms with E-state index in [2.05, 4.69) is 20.4 Å². The minimum absolute atomic E-state index is 0.165. The zero-order chi connectivity index (χ0) is 17.6. The molecule has 0 aliphatic carbocycles. The van der Waals surface area contributed by atoms with Crippen LogP contribution in [0.4, 0.5) is 0 Å². The van der Waals surface area contributed by atoms with E-state index in [1.54, 1.807) is 26.4 Å². The van der Waals surface area contributed by atoms with Gasteiger partial charge in [-0.05, 0) is 36.2 Å². The van der Waals surface area contributed by atoms with Gasteiger partial charge in [-0.3, -0.25) is 9.78 Å². The van der Waals surface area contributed by atoms with Gasteiger partial charge in [-0.15, -0.1) is 0 Å². The van der Waals surface area contributed by atoms with Crippen LogP contribution in [0.5, 0.6) is 5.75 Å². The standard InChI is InChI=1S/C18H19N5O2/c1-13(23-12-20-11-21-23)18(24)22-17(15-6-4-8-19-10-15)14-5-3-7-16(9-14)25-2/h3-13,17H,1-2H3,(H,22,24)/t13-,17+/m0/s1. The van der Waals surface area contributed by atoms with Crippen molar-refractivity contribution in [3.63, 3.8) is 0 Å². The molecule has 2 aromatic heterocycles. The highest BCUT2D eigenvalue weighted by Crippen LogP contribution is 2.25. The highest BCUT2D eigenvalue weighted by molar-refractivity contribution is 5.80. The highest BCUT2D eigenvalue weighted by Gasteiger charge is 2.22. The van der Waals surface area contributed by atoms with Crippen molar-refractivity contribution in [1.82, 2.24) is 25.1 Å². The Kier molecular flexibility index (Phi) is 5.03. The molecule has 0 fully saturated rings. The zero-order valence-electron chi connectivity index (χ0n) is 14.0. The molecule has 2 heterocycles. The van der Waals surface area contributed by atoms with Gasteiger partial charge in [0.25, 0.3) is 0 Å². The lowest BCUT2D eigenvalue weighted by Crippen LogP contribution is -2.35. The number of nitrogens with zero attached hydrogens (tertiary/aromatic N) is 4. The van der Waals surface area contributed by atoms with E-state index in [0.29, 0.717) is 0 Å². The van der Waals surface area contributed by atoms with Crippen molar-refractivity contribution in [3.05, 3.63) is 72.6 Å². The lowest BCUT2D eigenvalue weighted by Gasteiger charge is -2.22. The van der Waals surface area contributed by atoms with Crippen molar-refractivity contribution >= 4 is 5.91 Å². The molecular formula is C18H19N5O2. The summed E-state index contributed by atoms with van der Waals surface area (Å²) in [7, 11) is 1.61. The Labute approximate surface area is 145 Å². The fourth-order valence-electron chi connectivity index (χ4n) is 2.53. The van der Waals surface area contributed by atoms with E-state index in [4.69, 9.17) is 4.74 Å². The van der Waals surface area contributed by atoms with Crippen molar-refractivity contribution in [2.75, 3.05) is 7.11 Å². The topological polar surface area (TPSA) is 81.9 Å². The van der Waals surface area contributed by atoms with Crippen LogP contribution in [0.1, 0.15) is 30.1 Å². The van der Waals surface area contributed by atoms with Crippen molar-refractivity contribution in [2.45, 2.75) is 19.0 Å². The first-order valence-electron chi connectivity index (χ1n) is 7.87. The van der Waals surface area contributed by atoms with E-state index in [0.717, 1.165) is 16.9 Å². The van der Waals surface area contributed by atoms with Crippen molar-refractivity contribution in [1.29, 1.82) is 0 Å². The van der Waals surface area contributed by atoms with Crippen LogP contribution < -0.4 is 10.1 Å². The third-order valence-corrected chi connectivity index (χ3v) is 3.94. The number of hydrogen-bond donors (Lipinski definition) is 1. The maximum absolute atomic E-state index is 12.7. The number of pyridine rings is 1. The molecule has 25 heavy (non-hydrogen) atoms. The minimum Gasteiger partial charge on any atom is -0.497 e. The van der Waals surface area contributed by atoms with Crippen LogP contribution in [-0.2, 0) is 4.79 Å². The molecule has 0 bridgehead atoms. The first-order valence-corrected chi connectivity index (χ1v) is 7.87. The molecule has 128 valence electrons. The Bertz CT molecular complexity index is 821. The molecule has 3 aromatic rings. The predicted molar refractivity (Wildman–Crippen MR) is 91.9 cm³/mol. The van der Waals surface area contributed by atoms with Crippen LogP contribution >= 0.6 is 0 Å². The van der Waals surface area contributed by atoms with E-state index in [-0.39, 0.29) is 11.9 Å². The normalized spacial score (nSPS) is 13.0. The van der Waals surface area contributed by atoms with Gasteiger partial charge >= 0.3 is 0 Å². The summed E-state index contributed by atoms with van der Waals surface area (Å²) in [6.45, 7) is 1.77. The number of benzene rings is 1. The molecule has 7 nitrogen and oxygen atoms in total. The average molecular weight is 337 g/mol. The van der Waals surface area contributed by atoms with Gasteiger partial charge in [0.15, 0.2) is 0 Å². The average Bonchev–Trinajstić information content (AvgIpc) is 3.20. The summed E-state index contributed by atoms with van der Waals surface area (Å²) in [6.07, 6.45) is 6.37. The summed E-state index contributed by atoms with van der Waals surface area (Å²) in [5.74, 6) is 0.562. The summed E-state index contributed by atoms with van der Waals surface area (Å²) in [5, 5.41) is 7.10. The molecule has 0 aliphatic heterocycles. The van der Waals surface area contributed by atoms with E-state index >= 15 is 0 Å². The molecule has 1 amide bonds. The number of methoxy groups -OCH3 is 1. The van der Waals surface area contributed by atoms with Crippen molar-refractivity contribution in [2.24, 2.45) is 0 Å².